The average molecular weight is 419 g/mol. The van der Waals surface area contributed by atoms with Crippen molar-refractivity contribution in [2.75, 3.05) is 6.54 Å². The SMILES string of the molecule is O=C(NC(c1ccc(Br)cc1)C1CCC1)C1CC(=O)N(C2CCCC2)C1. The molecule has 1 aromatic carbocycles. The second-order valence-corrected chi connectivity index (χ2v) is 9.03. The van der Waals surface area contributed by atoms with Crippen molar-refractivity contribution in [3.05, 3.63) is 34.3 Å². The third kappa shape index (κ3) is 3.68. The maximum Gasteiger partial charge on any atom is 0.225 e. The Hall–Kier alpha value is -1.36. The van der Waals surface area contributed by atoms with E-state index in [0.29, 0.717) is 24.9 Å². The Morgan fingerprint density at radius 1 is 1.08 bits per heavy atom. The van der Waals surface area contributed by atoms with E-state index in [1.54, 1.807) is 0 Å². The number of nitrogens with one attached hydrogen (secondary N) is 1. The highest BCUT2D eigenvalue weighted by Gasteiger charge is 2.40. The van der Waals surface area contributed by atoms with Crippen molar-refractivity contribution in [1.29, 1.82) is 0 Å². The van der Waals surface area contributed by atoms with Crippen LogP contribution < -0.4 is 5.32 Å². The second-order valence-electron chi connectivity index (χ2n) is 8.11. The maximum absolute atomic E-state index is 12.9. The number of rotatable bonds is 5. The van der Waals surface area contributed by atoms with Crippen LogP contribution in [0.15, 0.2) is 28.7 Å². The van der Waals surface area contributed by atoms with Crippen LogP contribution in [0, 0.1) is 11.8 Å². The first kappa shape index (κ1) is 18.0. The molecule has 5 heteroatoms. The fraction of sp³-hybridized carbons (Fsp3) is 0.619. The van der Waals surface area contributed by atoms with Crippen LogP contribution in [0.5, 0.6) is 0 Å². The van der Waals surface area contributed by atoms with Gasteiger partial charge in [0, 0.05) is 23.5 Å². The molecule has 140 valence electrons. The number of amides is 2. The van der Waals surface area contributed by atoms with Crippen LogP contribution in [-0.4, -0.2) is 29.3 Å². The van der Waals surface area contributed by atoms with Gasteiger partial charge in [-0.2, -0.15) is 0 Å². The molecule has 2 aliphatic carbocycles. The molecule has 3 fully saturated rings. The minimum Gasteiger partial charge on any atom is -0.349 e. The fourth-order valence-electron chi connectivity index (χ4n) is 4.66. The largest absolute Gasteiger partial charge is 0.349 e. The Morgan fingerprint density at radius 3 is 2.38 bits per heavy atom. The van der Waals surface area contributed by atoms with Crippen LogP contribution in [0.4, 0.5) is 0 Å². The van der Waals surface area contributed by atoms with Crippen molar-refractivity contribution >= 4 is 27.7 Å². The molecular formula is C21H27BrN2O2. The molecule has 1 heterocycles. The molecule has 3 aliphatic rings. The standard InChI is InChI=1S/C21H27BrN2O2/c22-17-10-8-15(9-11-17)20(14-4-3-5-14)23-21(26)16-12-19(25)24(13-16)18-6-1-2-7-18/h8-11,14,16,18,20H,1-7,12-13H2,(H,23,26). The molecule has 0 bridgehead atoms. The zero-order valence-electron chi connectivity index (χ0n) is 15.1. The van der Waals surface area contributed by atoms with E-state index < -0.39 is 0 Å². The molecule has 2 saturated carbocycles. The summed E-state index contributed by atoms with van der Waals surface area (Å²) >= 11 is 3.48. The van der Waals surface area contributed by atoms with E-state index >= 15 is 0 Å². The van der Waals surface area contributed by atoms with Crippen LogP contribution in [-0.2, 0) is 9.59 Å². The van der Waals surface area contributed by atoms with E-state index in [4.69, 9.17) is 0 Å². The summed E-state index contributed by atoms with van der Waals surface area (Å²) in [5, 5.41) is 3.30. The van der Waals surface area contributed by atoms with Crippen molar-refractivity contribution < 1.29 is 9.59 Å². The first-order chi connectivity index (χ1) is 12.6. The van der Waals surface area contributed by atoms with Gasteiger partial charge in [0.05, 0.1) is 12.0 Å². The number of halogens is 1. The molecule has 4 nitrogen and oxygen atoms in total. The average Bonchev–Trinajstić information content (AvgIpc) is 3.22. The third-order valence-electron chi connectivity index (χ3n) is 6.44. The van der Waals surface area contributed by atoms with Crippen LogP contribution in [0.1, 0.15) is 63.0 Å². The minimum atomic E-state index is -0.193. The number of nitrogens with zero attached hydrogens (tertiary/aromatic N) is 1. The number of hydrogen-bond acceptors (Lipinski definition) is 2. The van der Waals surface area contributed by atoms with Gasteiger partial charge in [-0.1, -0.05) is 47.3 Å². The summed E-state index contributed by atoms with van der Waals surface area (Å²) in [4.78, 5) is 27.3. The van der Waals surface area contributed by atoms with E-state index in [1.165, 1.54) is 37.7 Å². The van der Waals surface area contributed by atoms with Crippen LogP contribution in [0.25, 0.3) is 0 Å². The molecule has 0 radical (unpaired) electrons. The number of benzene rings is 1. The lowest BCUT2D eigenvalue weighted by molar-refractivity contribution is -0.130. The summed E-state index contributed by atoms with van der Waals surface area (Å²) in [6.45, 7) is 0.604. The van der Waals surface area contributed by atoms with Crippen molar-refractivity contribution in [2.24, 2.45) is 11.8 Å². The maximum atomic E-state index is 12.9. The highest BCUT2D eigenvalue weighted by atomic mass is 79.9. The molecule has 26 heavy (non-hydrogen) atoms. The van der Waals surface area contributed by atoms with Crippen LogP contribution >= 0.6 is 15.9 Å². The van der Waals surface area contributed by atoms with Gasteiger partial charge < -0.3 is 10.2 Å². The van der Waals surface area contributed by atoms with Gasteiger partial charge in [0.1, 0.15) is 0 Å². The van der Waals surface area contributed by atoms with Gasteiger partial charge in [-0.3, -0.25) is 9.59 Å². The van der Waals surface area contributed by atoms with E-state index in [2.05, 4.69) is 33.4 Å². The predicted molar refractivity (Wildman–Crippen MR) is 104 cm³/mol. The monoisotopic (exact) mass is 418 g/mol. The van der Waals surface area contributed by atoms with Crippen molar-refractivity contribution in [3.8, 4) is 0 Å². The Kier molecular flexibility index (Phi) is 5.35. The molecule has 1 N–H and O–H groups in total. The third-order valence-corrected chi connectivity index (χ3v) is 6.97. The lowest BCUT2D eigenvalue weighted by Gasteiger charge is -2.35. The number of carbonyl (C=O) groups excluding carboxylic acids is 2. The van der Waals surface area contributed by atoms with Crippen molar-refractivity contribution in [1.82, 2.24) is 10.2 Å². The van der Waals surface area contributed by atoms with Gasteiger partial charge in [0.2, 0.25) is 11.8 Å². The van der Waals surface area contributed by atoms with Gasteiger partial charge in [-0.05, 0) is 49.3 Å². The Morgan fingerprint density at radius 2 is 1.77 bits per heavy atom. The first-order valence-electron chi connectivity index (χ1n) is 9.97. The summed E-state index contributed by atoms with van der Waals surface area (Å²) in [5.74, 6) is 0.545. The van der Waals surface area contributed by atoms with Gasteiger partial charge in [-0.25, -0.2) is 0 Å². The normalized spacial score (nSPS) is 25.3. The summed E-state index contributed by atoms with van der Waals surface area (Å²) < 4.78 is 1.05. The topological polar surface area (TPSA) is 49.4 Å². The lowest BCUT2D eigenvalue weighted by atomic mass is 9.77. The molecule has 4 rings (SSSR count). The predicted octanol–water partition coefficient (Wildman–Crippen LogP) is 4.20. The molecular weight excluding hydrogens is 392 g/mol. The molecule has 2 amide bonds. The molecule has 0 spiro atoms. The Balaban J connectivity index is 1.43. The second kappa shape index (κ2) is 7.71. The molecule has 1 aliphatic heterocycles. The zero-order chi connectivity index (χ0) is 18.1. The molecule has 1 aromatic rings. The zero-order valence-corrected chi connectivity index (χ0v) is 16.7. The van der Waals surface area contributed by atoms with E-state index in [0.717, 1.165) is 17.3 Å². The van der Waals surface area contributed by atoms with E-state index in [-0.39, 0.29) is 23.8 Å². The van der Waals surface area contributed by atoms with Gasteiger partial charge in [-0.15, -0.1) is 0 Å². The smallest absolute Gasteiger partial charge is 0.225 e. The lowest BCUT2D eigenvalue weighted by Crippen LogP contribution is -2.41. The van der Waals surface area contributed by atoms with Gasteiger partial charge in [0.25, 0.3) is 0 Å². The molecule has 0 aromatic heterocycles. The van der Waals surface area contributed by atoms with Gasteiger partial charge in [0.15, 0.2) is 0 Å². The van der Waals surface area contributed by atoms with Crippen LogP contribution in [0.3, 0.4) is 0 Å². The summed E-state index contributed by atoms with van der Waals surface area (Å²) in [7, 11) is 0. The minimum absolute atomic E-state index is 0.0543. The molecule has 2 atom stereocenters. The Labute approximate surface area is 163 Å². The van der Waals surface area contributed by atoms with Crippen LogP contribution in [0.2, 0.25) is 0 Å². The van der Waals surface area contributed by atoms with Gasteiger partial charge >= 0.3 is 0 Å². The van der Waals surface area contributed by atoms with E-state index in [9.17, 15) is 9.59 Å². The van der Waals surface area contributed by atoms with Crippen molar-refractivity contribution in [2.45, 2.75) is 63.5 Å². The number of carbonyl (C=O) groups is 2. The molecule has 1 saturated heterocycles. The van der Waals surface area contributed by atoms with Crippen molar-refractivity contribution in [3.63, 3.8) is 0 Å². The van der Waals surface area contributed by atoms with E-state index in [1.807, 2.05) is 17.0 Å². The summed E-state index contributed by atoms with van der Waals surface area (Å²) in [6, 6.07) is 8.70. The molecule has 2 unspecified atom stereocenters. The fourth-order valence-corrected chi connectivity index (χ4v) is 4.93. The highest BCUT2D eigenvalue weighted by Crippen LogP contribution is 2.38. The highest BCUT2D eigenvalue weighted by molar-refractivity contribution is 9.10. The summed E-state index contributed by atoms with van der Waals surface area (Å²) in [5.41, 5.74) is 1.17. The number of hydrogen-bond donors (Lipinski definition) is 1. The summed E-state index contributed by atoms with van der Waals surface area (Å²) in [6.07, 6.45) is 8.56. The first-order valence-corrected chi connectivity index (χ1v) is 10.8. The Bertz CT molecular complexity index is 665. The quantitative estimate of drug-likeness (QED) is 0.778. The number of likely N-dealkylation sites (tertiary alicyclic amines) is 1.